The molecule has 1 heterocycles. The van der Waals surface area contributed by atoms with Crippen LogP contribution in [0.3, 0.4) is 0 Å². The van der Waals surface area contributed by atoms with Crippen LogP contribution in [0.25, 0.3) is 0 Å². The van der Waals surface area contributed by atoms with E-state index in [0.29, 0.717) is 44.0 Å². The molecule has 7 heteroatoms. The summed E-state index contributed by atoms with van der Waals surface area (Å²) in [6.07, 6.45) is 3.45. The van der Waals surface area contributed by atoms with Crippen LogP contribution in [-0.4, -0.2) is 61.6 Å². The SMILES string of the molecule is C#CCOc1ccc(NC(=O)N2CCCN(CC(F)F)CC2)cc1. The number of ether oxygens (including phenoxy) is 1. The van der Waals surface area contributed by atoms with E-state index >= 15 is 0 Å². The Hall–Kier alpha value is -2.33. The number of carbonyl (C=O) groups is 1. The maximum Gasteiger partial charge on any atom is 0.321 e. The van der Waals surface area contributed by atoms with Crippen molar-refractivity contribution in [3.63, 3.8) is 0 Å². The van der Waals surface area contributed by atoms with E-state index in [1.807, 2.05) is 0 Å². The van der Waals surface area contributed by atoms with Gasteiger partial charge in [0.15, 0.2) is 0 Å². The zero-order valence-corrected chi connectivity index (χ0v) is 13.4. The van der Waals surface area contributed by atoms with Gasteiger partial charge in [-0.05, 0) is 30.7 Å². The zero-order chi connectivity index (χ0) is 17.4. The van der Waals surface area contributed by atoms with Gasteiger partial charge >= 0.3 is 6.03 Å². The molecule has 1 fully saturated rings. The summed E-state index contributed by atoms with van der Waals surface area (Å²) in [6.45, 7) is 1.96. The quantitative estimate of drug-likeness (QED) is 0.840. The Kier molecular flexibility index (Phi) is 6.82. The van der Waals surface area contributed by atoms with E-state index in [9.17, 15) is 13.6 Å². The van der Waals surface area contributed by atoms with Crippen LogP contribution < -0.4 is 10.1 Å². The van der Waals surface area contributed by atoms with Gasteiger partial charge in [-0.1, -0.05) is 5.92 Å². The maximum absolute atomic E-state index is 12.4. The highest BCUT2D eigenvalue weighted by atomic mass is 19.3. The maximum atomic E-state index is 12.4. The Labute approximate surface area is 140 Å². The van der Waals surface area contributed by atoms with Gasteiger partial charge in [-0.2, -0.15) is 0 Å². The minimum atomic E-state index is -2.35. The smallest absolute Gasteiger partial charge is 0.321 e. The van der Waals surface area contributed by atoms with Gasteiger partial charge in [-0.25, -0.2) is 13.6 Å². The second-order valence-corrected chi connectivity index (χ2v) is 5.48. The van der Waals surface area contributed by atoms with Crippen molar-refractivity contribution in [2.45, 2.75) is 12.8 Å². The van der Waals surface area contributed by atoms with E-state index in [0.717, 1.165) is 0 Å². The van der Waals surface area contributed by atoms with Crippen molar-refractivity contribution in [2.24, 2.45) is 0 Å². The molecule has 0 bridgehead atoms. The lowest BCUT2D eigenvalue weighted by Gasteiger charge is -2.22. The summed E-state index contributed by atoms with van der Waals surface area (Å²) in [5.74, 6) is 3.01. The Balaban J connectivity index is 1.84. The van der Waals surface area contributed by atoms with Crippen LogP contribution in [0.4, 0.5) is 19.3 Å². The topological polar surface area (TPSA) is 44.8 Å². The van der Waals surface area contributed by atoms with Gasteiger partial charge in [-0.15, -0.1) is 6.42 Å². The summed E-state index contributed by atoms with van der Waals surface area (Å²) >= 11 is 0. The summed E-state index contributed by atoms with van der Waals surface area (Å²) in [6, 6.07) is 6.67. The number of urea groups is 1. The molecular formula is C17H21F2N3O2. The van der Waals surface area contributed by atoms with Crippen LogP contribution >= 0.6 is 0 Å². The Morgan fingerprint density at radius 2 is 2.00 bits per heavy atom. The molecule has 2 amide bonds. The second-order valence-electron chi connectivity index (χ2n) is 5.48. The first-order valence-corrected chi connectivity index (χ1v) is 7.81. The van der Waals surface area contributed by atoms with Crippen molar-refractivity contribution < 1.29 is 18.3 Å². The molecule has 0 atom stereocenters. The predicted octanol–water partition coefficient (Wildman–Crippen LogP) is 2.50. The zero-order valence-electron chi connectivity index (χ0n) is 13.4. The standard InChI is InChI=1S/C17H21F2N3O2/c1-2-12-24-15-6-4-14(5-7-15)20-17(23)22-9-3-8-21(10-11-22)13-16(18)19/h1,4-7,16H,3,8-13H2,(H,20,23). The lowest BCUT2D eigenvalue weighted by Crippen LogP contribution is -2.38. The van der Waals surface area contributed by atoms with E-state index in [1.54, 1.807) is 34.1 Å². The molecule has 130 valence electrons. The molecule has 1 aromatic rings. The molecular weight excluding hydrogens is 316 g/mol. The van der Waals surface area contributed by atoms with Crippen molar-refractivity contribution in [3.8, 4) is 18.1 Å². The normalized spacial score (nSPS) is 15.7. The van der Waals surface area contributed by atoms with Crippen LogP contribution in [-0.2, 0) is 0 Å². The lowest BCUT2D eigenvalue weighted by atomic mass is 10.3. The lowest BCUT2D eigenvalue weighted by molar-refractivity contribution is 0.0905. The first-order chi connectivity index (χ1) is 11.6. The molecule has 0 saturated carbocycles. The molecule has 1 saturated heterocycles. The van der Waals surface area contributed by atoms with Crippen LogP contribution in [0, 0.1) is 12.3 Å². The van der Waals surface area contributed by atoms with Crippen molar-refractivity contribution in [2.75, 3.05) is 44.6 Å². The predicted molar refractivity (Wildman–Crippen MR) is 88.4 cm³/mol. The first-order valence-electron chi connectivity index (χ1n) is 7.81. The van der Waals surface area contributed by atoms with Crippen LogP contribution in [0.5, 0.6) is 5.75 Å². The molecule has 5 nitrogen and oxygen atoms in total. The first kappa shape index (κ1) is 18.0. The fraction of sp³-hybridized carbons (Fsp3) is 0.471. The minimum absolute atomic E-state index is 0.189. The Morgan fingerprint density at radius 3 is 2.67 bits per heavy atom. The third-order valence-corrected chi connectivity index (χ3v) is 3.70. The Bertz CT molecular complexity index is 572. The highest BCUT2D eigenvalue weighted by Crippen LogP contribution is 2.16. The van der Waals surface area contributed by atoms with E-state index in [4.69, 9.17) is 11.2 Å². The van der Waals surface area contributed by atoms with E-state index in [1.165, 1.54) is 0 Å². The van der Waals surface area contributed by atoms with E-state index in [-0.39, 0.29) is 19.2 Å². The molecule has 1 aliphatic heterocycles. The molecule has 0 unspecified atom stereocenters. The fourth-order valence-electron chi connectivity index (χ4n) is 2.51. The van der Waals surface area contributed by atoms with Crippen LogP contribution in [0.1, 0.15) is 6.42 Å². The summed E-state index contributed by atoms with van der Waals surface area (Å²) in [5, 5.41) is 2.80. The number of hydrogen-bond acceptors (Lipinski definition) is 3. The average Bonchev–Trinajstić information content (AvgIpc) is 2.79. The molecule has 0 aromatic heterocycles. The van der Waals surface area contributed by atoms with Crippen molar-refractivity contribution >= 4 is 11.7 Å². The molecule has 0 radical (unpaired) electrons. The molecule has 0 aliphatic carbocycles. The highest BCUT2D eigenvalue weighted by molar-refractivity contribution is 5.89. The monoisotopic (exact) mass is 337 g/mol. The summed E-state index contributed by atoms with van der Waals surface area (Å²) in [5.41, 5.74) is 0.641. The number of nitrogens with zero attached hydrogens (tertiary/aromatic N) is 2. The molecule has 2 rings (SSSR count). The number of terminal acetylenes is 1. The third-order valence-electron chi connectivity index (χ3n) is 3.70. The fourth-order valence-corrected chi connectivity index (χ4v) is 2.51. The van der Waals surface area contributed by atoms with Gasteiger partial charge in [0, 0.05) is 31.9 Å². The second kappa shape index (κ2) is 9.08. The minimum Gasteiger partial charge on any atom is -0.481 e. The molecule has 0 spiro atoms. The number of anilines is 1. The van der Waals surface area contributed by atoms with Crippen molar-refractivity contribution in [1.29, 1.82) is 0 Å². The number of nitrogens with one attached hydrogen (secondary N) is 1. The molecule has 24 heavy (non-hydrogen) atoms. The van der Waals surface area contributed by atoms with Gasteiger partial charge in [0.25, 0.3) is 6.43 Å². The molecule has 1 N–H and O–H groups in total. The number of hydrogen-bond donors (Lipinski definition) is 1. The number of alkyl halides is 2. The Morgan fingerprint density at radius 1 is 1.25 bits per heavy atom. The van der Waals surface area contributed by atoms with Crippen molar-refractivity contribution in [1.82, 2.24) is 9.80 Å². The van der Waals surface area contributed by atoms with Crippen molar-refractivity contribution in [3.05, 3.63) is 24.3 Å². The average molecular weight is 337 g/mol. The van der Waals surface area contributed by atoms with Gasteiger partial charge in [-0.3, -0.25) is 4.90 Å². The molecule has 1 aliphatic rings. The number of amides is 2. The van der Waals surface area contributed by atoms with Gasteiger partial charge in [0.1, 0.15) is 12.4 Å². The largest absolute Gasteiger partial charge is 0.481 e. The van der Waals surface area contributed by atoms with E-state index in [2.05, 4.69) is 11.2 Å². The number of rotatable bonds is 5. The van der Waals surface area contributed by atoms with Gasteiger partial charge in [0.2, 0.25) is 0 Å². The number of carbonyl (C=O) groups excluding carboxylic acids is 1. The van der Waals surface area contributed by atoms with Crippen LogP contribution in [0.15, 0.2) is 24.3 Å². The number of halogens is 2. The number of benzene rings is 1. The summed E-state index contributed by atoms with van der Waals surface area (Å²) in [4.78, 5) is 15.6. The summed E-state index contributed by atoms with van der Waals surface area (Å²) in [7, 11) is 0. The van der Waals surface area contributed by atoms with Gasteiger partial charge < -0.3 is 15.0 Å². The summed E-state index contributed by atoms with van der Waals surface area (Å²) < 4.78 is 30.2. The third kappa shape index (κ3) is 5.70. The highest BCUT2D eigenvalue weighted by Gasteiger charge is 2.20. The van der Waals surface area contributed by atoms with E-state index < -0.39 is 6.43 Å². The van der Waals surface area contributed by atoms with Gasteiger partial charge in [0.05, 0.1) is 6.54 Å². The van der Waals surface area contributed by atoms with Crippen LogP contribution in [0.2, 0.25) is 0 Å². The molecule has 1 aromatic carbocycles.